The van der Waals surface area contributed by atoms with Crippen LogP contribution in [0.4, 0.5) is 13.2 Å². The average molecular weight is 517 g/mol. The zero-order valence-corrected chi connectivity index (χ0v) is 20.3. The van der Waals surface area contributed by atoms with Crippen LogP contribution in [0, 0.1) is 6.92 Å². The molecule has 6 rings (SSSR count). The number of likely N-dealkylation sites (tertiary alicyclic amines) is 1. The summed E-state index contributed by atoms with van der Waals surface area (Å²) < 4.78 is 42.2. The van der Waals surface area contributed by atoms with Gasteiger partial charge >= 0.3 is 6.18 Å². The molecule has 0 radical (unpaired) electrons. The van der Waals surface area contributed by atoms with Gasteiger partial charge in [-0.15, -0.1) is 16.4 Å². The molecule has 0 spiro atoms. The van der Waals surface area contributed by atoms with Crippen molar-refractivity contribution >= 4 is 49.0 Å². The summed E-state index contributed by atoms with van der Waals surface area (Å²) >= 11 is 7.53. The average Bonchev–Trinajstić information content (AvgIpc) is 3.42. The molecule has 0 amide bonds. The Morgan fingerprint density at radius 2 is 2.03 bits per heavy atom. The first-order chi connectivity index (χ1) is 16.8. The van der Waals surface area contributed by atoms with E-state index < -0.39 is 11.9 Å². The number of thiophene rings is 1. The molecule has 1 aliphatic rings. The predicted octanol–water partition coefficient (Wildman–Crippen LogP) is 6.25. The fourth-order valence-corrected chi connectivity index (χ4v) is 6.20. The highest BCUT2D eigenvalue weighted by molar-refractivity contribution is 7.26. The van der Waals surface area contributed by atoms with Crippen LogP contribution < -0.4 is 0 Å². The van der Waals surface area contributed by atoms with Gasteiger partial charge in [0.25, 0.3) is 0 Å². The number of hydrogen-bond donors (Lipinski definition) is 0. The van der Waals surface area contributed by atoms with Gasteiger partial charge in [0.15, 0.2) is 11.5 Å². The lowest BCUT2D eigenvalue weighted by Crippen LogP contribution is -2.34. The standard InChI is InChI=1S/C24H20ClF3N6S/c1-13-9-17(24(26,27)28)30-23-18(13)19-20(35-23)22-31-21(32-34(22)12-29-19)15-6-4-8-33(11-15)10-14-5-2-3-7-16(14)25/h2-3,5,7,9,12,15H,4,6,8,10-11H2,1H3. The summed E-state index contributed by atoms with van der Waals surface area (Å²) in [7, 11) is 0. The van der Waals surface area contributed by atoms with Gasteiger partial charge in [0.1, 0.15) is 21.6 Å². The van der Waals surface area contributed by atoms with Crippen molar-refractivity contribution in [3.05, 3.63) is 64.3 Å². The van der Waals surface area contributed by atoms with E-state index in [4.69, 9.17) is 21.7 Å². The molecular weight excluding hydrogens is 497 g/mol. The van der Waals surface area contributed by atoms with Crippen molar-refractivity contribution in [3.8, 4) is 0 Å². The number of nitrogens with zero attached hydrogens (tertiary/aromatic N) is 6. The van der Waals surface area contributed by atoms with Crippen molar-refractivity contribution in [1.82, 2.24) is 29.5 Å². The molecule has 1 atom stereocenters. The summed E-state index contributed by atoms with van der Waals surface area (Å²) in [6.45, 7) is 4.20. The van der Waals surface area contributed by atoms with Crippen LogP contribution >= 0.6 is 22.9 Å². The van der Waals surface area contributed by atoms with Crippen LogP contribution in [0.25, 0.3) is 26.1 Å². The van der Waals surface area contributed by atoms with Crippen molar-refractivity contribution in [3.63, 3.8) is 0 Å². The maximum absolute atomic E-state index is 13.3. The van der Waals surface area contributed by atoms with Crippen LogP contribution in [-0.2, 0) is 12.7 Å². The molecule has 1 fully saturated rings. The second kappa shape index (κ2) is 8.39. The maximum Gasteiger partial charge on any atom is 0.433 e. The largest absolute Gasteiger partial charge is 0.433 e. The van der Waals surface area contributed by atoms with Gasteiger partial charge < -0.3 is 0 Å². The summed E-state index contributed by atoms with van der Waals surface area (Å²) in [5.74, 6) is 0.869. The first-order valence-electron chi connectivity index (χ1n) is 11.3. The quantitative estimate of drug-likeness (QED) is 0.284. The number of pyridine rings is 1. The molecule has 4 aromatic heterocycles. The molecule has 35 heavy (non-hydrogen) atoms. The van der Waals surface area contributed by atoms with E-state index in [1.165, 1.54) is 11.3 Å². The van der Waals surface area contributed by atoms with Gasteiger partial charge in [0.2, 0.25) is 0 Å². The van der Waals surface area contributed by atoms with E-state index in [-0.39, 0.29) is 5.92 Å². The molecule has 0 saturated carbocycles. The van der Waals surface area contributed by atoms with Crippen LogP contribution in [0.5, 0.6) is 0 Å². The van der Waals surface area contributed by atoms with Gasteiger partial charge in [-0.3, -0.25) is 4.90 Å². The smallest absolute Gasteiger partial charge is 0.298 e. The minimum absolute atomic E-state index is 0.146. The SMILES string of the molecule is Cc1cc(C(F)(F)F)nc2sc3c(ncn4nc(C5CCCN(Cc6ccccc6Cl)C5)nc34)c12. The molecule has 1 saturated heterocycles. The molecule has 180 valence electrons. The van der Waals surface area contributed by atoms with Crippen LogP contribution in [0.1, 0.15) is 41.4 Å². The predicted molar refractivity (Wildman–Crippen MR) is 130 cm³/mol. The van der Waals surface area contributed by atoms with Gasteiger partial charge in [-0.25, -0.2) is 19.5 Å². The zero-order valence-electron chi connectivity index (χ0n) is 18.7. The topological polar surface area (TPSA) is 59.2 Å². The Hall–Kier alpha value is -2.82. The Morgan fingerprint density at radius 3 is 2.83 bits per heavy atom. The van der Waals surface area contributed by atoms with Crippen molar-refractivity contribution in [2.45, 2.75) is 38.4 Å². The molecular formula is C24H20ClF3N6S. The number of benzene rings is 1. The second-order valence-electron chi connectivity index (χ2n) is 8.93. The maximum atomic E-state index is 13.3. The Balaban J connectivity index is 1.36. The van der Waals surface area contributed by atoms with E-state index >= 15 is 0 Å². The summed E-state index contributed by atoms with van der Waals surface area (Å²) in [6, 6.07) is 8.93. The minimum atomic E-state index is -4.50. The first kappa shape index (κ1) is 22.6. The summed E-state index contributed by atoms with van der Waals surface area (Å²) in [6.07, 6.45) is -0.933. The molecule has 11 heteroatoms. The Morgan fingerprint density at radius 1 is 1.20 bits per heavy atom. The van der Waals surface area contributed by atoms with Gasteiger partial charge in [0, 0.05) is 29.4 Å². The molecule has 1 aromatic carbocycles. The van der Waals surface area contributed by atoms with E-state index in [0.29, 0.717) is 31.6 Å². The van der Waals surface area contributed by atoms with E-state index in [1.54, 1.807) is 17.8 Å². The Kier molecular flexibility index (Phi) is 5.43. The molecule has 5 heterocycles. The number of aromatic nitrogens is 5. The lowest BCUT2D eigenvalue weighted by molar-refractivity contribution is -0.141. The number of hydrogen-bond acceptors (Lipinski definition) is 6. The molecule has 1 unspecified atom stereocenters. The molecule has 5 aromatic rings. The number of piperidine rings is 1. The van der Waals surface area contributed by atoms with Crippen molar-refractivity contribution in [2.24, 2.45) is 0 Å². The zero-order chi connectivity index (χ0) is 24.3. The number of fused-ring (bicyclic) bond motifs is 5. The monoisotopic (exact) mass is 516 g/mol. The van der Waals surface area contributed by atoms with E-state index in [2.05, 4.69) is 14.9 Å². The summed E-state index contributed by atoms with van der Waals surface area (Å²) in [4.78, 5) is 15.9. The minimum Gasteiger partial charge on any atom is -0.298 e. The van der Waals surface area contributed by atoms with Crippen molar-refractivity contribution in [2.75, 3.05) is 13.1 Å². The summed E-state index contributed by atoms with van der Waals surface area (Å²) in [5, 5.41) is 6.09. The third kappa shape index (κ3) is 4.03. The molecule has 1 aliphatic heterocycles. The molecule has 0 bridgehead atoms. The number of rotatable bonds is 3. The summed E-state index contributed by atoms with van der Waals surface area (Å²) in [5.41, 5.74) is 1.90. The van der Waals surface area contributed by atoms with Crippen molar-refractivity contribution in [1.29, 1.82) is 0 Å². The molecule has 0 N–H and O–H groups in total. The third-order valence-corrected chi connectivity index (χ3v) is 7.93. The molecule has 6 nitrogen and oxygen atoms in total. The fraction of sp³-hybridized carbons (Fsp3) is 0.333. The van der Waals surface area contributed by atoms with Crippen LogP contribution in [0.2, 0.25) is 5.02 Å². The lowest BCUT2D eigenvalue weighted by Gasteiger charge is -2.31. The lowest BCUT2D eigenvalue weighted by atomic mass is 9.97. The normalized spacial score (nSPS) is 17.7. The van der Waals surface area contributed by atoms with E-state index in [0.717, 1.165) is 55.0 Å². The Bertz CT molecular complexity index is 1580. The molecule has 0 aliphatic carbocycles. The van der Waals surface area contributed by atoms with E-state index in [1.807, 2.05) is 24.3 Å². The van der Waals surface area contributed by atoms with Gasteiger partial charge in [-0.05, 0) is 49.6 Å². The number of alkyl halides is 3. The van der Waals surface area contributed by atoms with Crippen molar-refractivity contribution < 1.29 is 13.2 Å². The van der Waals surface area contributed by atoms with Crippen LogP contribution in [-0.4, -0.2) is 42.6 Å². The van der Waals surface area contributed by atoms with Gasteiger partial charge in [-0.1, -0.05) is 29.8 Å². The second-order valence-corrected chi connectivity index (χ2v) is 10.3. The van der Waals surface area contributed by atoms with Gasteiger partial charge in [0.05, 0.1) is 5.52 Å². The highest BCUT2D eigenvalue weighted by atomic mass is 35.5. The van der Waals surface area contributed by atoms with Crippen LogP contribution in [0.3, 0.4) is 0 Å². The van der Waals surface area contributed by atoms with Gasteiger partial charge in [-0.2, -0.15) is 13.2 Å². The van der Waals surface area contributed by atoms with Crippen LogP contribution in [0.15, 0.2) is 36.7 Å². The Labute approximate surface area is 207 Å². The number of aryl methyl sites for hydroxylation is 1. The highest BCUT2D eigenvalue weighted by Gasteiger charge is 2.34. The first-order valence-corrected chi connectivity index (χ1v) is 12.5. The number of halogens is 4. The highest BCUT2D eigenvalue weighted by Crippen LogP contribution is 2.39. The fourth-order valence-electron chi connectivity index (χ4n) is 4.82. The van der Waals surface area contributed by atoms with E-state index in [9.17, 15) is 13.2 Å². The third-order valence-electron chi connectivity index (χ3n) is 6.49.